The largest absolute Gasteiger partial charge is 0.383 e. The van der Waals surface area contributed by atoms with Gasteiger partial charge in [-0.2, -0.15) is 0 Å². The topological polar surface area (TPSA) is 51.7 Å². The maximum absolute atomic E-state index is 13.5. The number of pyridine rings is 1. The van der Waals surface area contributed by atoms with Crippen LogP contribution in [0.1, 0.15) is 10.4 Å². The third-order valence-electron chi connectivity index (χ3n) is 2.42. The van der Waals surface area contributed by atoms with Crippen LogP contribution < -0.4 is 0 Å². The van der Waals surface area contributed by atoms with Crippen LogP contribution in [0, 0.1) is 5.82 Å². The first kappa shape index (κ1) is 14.5. The molecule has 6 heteroatoms. The first-order chi connectivity index (χ1) is 8.70. The van der Waals surface area contributed by atoms with E-state index in [0.717, 1.165) is 6.20 Å². The van der Waals surface area contributed by atoms with Crippen molar-refractivity contribution in [3.63, 3.8) is 0 Å². The summed E-state index contributed by atoms with van der Waals surface area (Å²) in [6, 6.07) is 1.37. The molecule has 0 saturated carbocycles. The van der Waals surface area contributed by atoms with E-state index >= 15 is 0 Å². The van der Waals surface area contributed by atoms with Crippen molar-refractivity contribution in [1.29, 1.82) is 0 Å². The van der Waals surface area contributed by atoms with E-state index in [-0.39, 0.29) is 11.5 Å². The minimum atomic E-state index is -0.623. The van der Waals surface area contributed by atoms with Crippen LogP contribution in [0.25, 0.3) is 0 Å². The van der Waals surface area contributed by atoms with E-state index in [0.29, 0.717) is 26.3 Å². The zero-order valence-corrected chi connectivity index (χ0v) is 10.6. The Labute approximate surface area is 106 Å². The van der Waals surface area contributed by atoms with Gasteiger partial charge in [0.2, 0.25) is 0 Å². The second-order valence-electron chi connectivity index (χ2n) is 3.63. The predicted molar refractivity (Wildman–Crippen MR) is 63.9 cm³/mol. The van der Waals surface area contributed by atoms with E-state index in [9.17, 15) is 9.18 Å². The molecule has 1 amide bonds. The molecule has 0 unspecified atom stereocenters. The van der Waals surface area contributed by atoms with Crippen molar-refractivity contribution in [1.82, 2.24) is 9.88 Å². The summed E-state index contributed by atoms with van der Waals surface area (Å²) in [5.74, 6) is -1.01. The van der Waals surface area contributed by atoms with Crippen molar-refractivity contribution >= 4 is 5.91 Å². The van der Waals surface area contributed by atoms with Gasteiger partial charge in [0.05, 0.1) is 25.0 Å². The molecule has 0 spiro atoms. The van der Waals surface area contributed by atoms with Gasteiger partial charge >= 0.3 is 0 Å². The maximum atomic E-state index is 13.5. The monoisotopic (exact) mass is 256 g/mol. The molecule has 0 bridgehead atoms. The Hall–Kier alpha value is -1.53. The van der Waals surface area contributed by atoms with Gasteiger partial charge in [-0.15, -0.1) is 0 Å². The molecule has 18 heavy (non-hydrogen) atoms. The van der Waals surface area contributed by atoms with E-state index in [1.54, 1.807) is 14.2 Å². The standard InChI is InChI=1S/C12H17FN2O3/c1-17-7-5-15(6-8-18-2)12(16)10-3-4-14-9-11(10)13/h3-4,9H,5-8H2,1-2H3. The van der Waals surface area contributed by atoms with Crippen LogP contribution in [0.4, 0.5) is 4.39 Å². The molecule has 5 nitrogen and oxygen atoms in total. The lowest BCUT2D eigenvalue weighted by atomic mass is 10.2. The predicted octanol–water partition coefficient (Wildman–Crippen LogP) is 0.956. The summed E-state index contributed by atoms with van der Waals surface area (Å²) in [5, 5.41) is 0. The number of carbonyl (C=O) groups excluding carboxylic acids is 1. The molecule has 0 radical (unpaired) electrons. The number of halogens is 1. The van der Waals surface area contributed by atoms with E-state index in [4.69, 9.17) is 9.47 Å². The minimum absolute atomic E-state index is 0.0113. The van der Waals surface area contributed by atoms with Crippen LogP contribution in [0.2, 0.25) is 0 Å². The Morgan fingerprint density at radius 1 is 1.33 bits per heavy atom. The van der Waals surface area contributed by atoms with E-state index in [1.165, 1.54) is 17.2 Å². The molecular weight excluding hydrogens is 239 g/mol. The number of rotatable bonds is 7. The Morgan fingerprint density at radius 3 is 2.44 bits per heavy atom. The molecule has 1 aromatic heterocycles. The number of amides is 1. The highest BCUT2D eigenvalue weighted by Gasteiger charge is 2.18. The molecule has 0 saturated heterocycles. The Balaban J connectivity index is 2.77. The number of hydrogen-bond donors (Lipinski definition) is 0. The van der Waals surface area contributed by atoms with Crippen LogP contribution >= 0.6 is 0 Å². The van der Waals surface area contributed by atoms with Crippen molar-refractivity contribution in [3.05, 3.63) is 29.8 Å². The lowest BCUT2D eigenvalue weighted by Crippen LogP contribution is -2.37. The fourth-order valence-electron chi connectivity index (χ4n) is 1.44. The maximum Gasteiger partial charge on any atom is 0.257 e. The van der Waals surface area contributed by atoms with Gasteiger partial charge in [0.1, 0.15) is 0 Å². The number of aromatic nitrogens is 1. The average Bonchev–Trinajstić information content (AvgIpc) is 2.39. The minimum Gasteiger partial charge on any atom is -0.383 e. The Kier molecular flexibility index (Phi) is 6.24. The van der Waals surface area contributed by atoms with Gasteiger partial charge in [-0.05, 0) is 6.07 Å². The summed E-state index contributed by atoms with van der Waals surface area (Å²) in [7, 11) is 3.10. The Bertz CT molecular complexity index is 379. The van der Waals surface area contributed by atoms with Gasteiger partial charge in [0, 0.05) is 33.5 Å². The number of ether oxygens (including phenoxy) is 2. The average molecular weight is 256 g/mol. The Morgan fingerprint density at radius 2 is 1.94 bits per heavy atom. The van der Waals surface area contributed by atoms with Crippen molar-refractivity contribution in [2.45, 2.75) is 0 Å². The van der Waals surface area contributed by atoms with Crippen molar-refractivity contribution < 1.29 is 18.7 Å². The zero-order chi connectivity index (χ0) is 13.4. The third kappa shape index (κ3) is 4.05. The normalized spacial score (nSPS) is 10.4. The molecule has 1 rings (SSSR count). The highest BCUT2D eigenvalue weighted by Crippen LogP contribution is 2.08. The number of methoxy groups -OCH3 is 2. The summed E-state index contributed by atoms with van der Waals surface area (Å²) >= 11 is 0. The van der Waals surface area contributed by atoms with E-state index in [1.807, 2.05) is 0 Å². The van der Waals surface area contributed by atoms with Gasteiger partial charge in [-0.25, -0.2) is 4.39 Å². The van der Waals surface area contributed by atoms with Crippen LogP contribution in [-0.2, 0) is 9.47 Å². The van der Waals surface area contributed by atoms with Gasteiger partial charge in [-0.1, -0.05) is 0 Å². The molecule has 1 aromatic rings. The second-order valence-corrected chi connectivity index (χ2v) is 3.63. The molecule has 100 valence electrons. The molecule has 0 aliphatic heterocycles. The van der Waals surface area contributed by atoms with E-state index < -0.39 is 5.82 Å². The van der Waals surface area contributed by atoms with Crippen molar-refractivity contribution in [2.75, 3.05) is 40.5 Å². The summed E-state index contributed by atoms with van der Waals surface area (Å²) in [4.78, 5) is 17.2. The van der Waals surface area contributed by atoms with Gasteiger partial charge in [0.25, 0.3) is 5.91 Å². The molecule has 0 aliphatic rings. The first-order valence-corrected chi connectivity index (χ1v) is 5.57. The smallest absolute Gasteiger partial charge is 0.257 e. The summed E-state index contributed by atoms with van der Waals surface area (Å²) in [6.45, 7) is 1.56. The van der Waals surface area contributed by atoms with Gasteiger partial charge in [-0.3, -0.25) is 9.78 Å². The fraction of sp³-hybridized carbons (Fsp3) is 0.500. The molecular formula is C12H17FN2O3. The number of nitrogens with zero attached hydrogens (tertiary/aromatic N) is 2. The van der Waals surface area contributed by atoms with Gasteiger partial charge < -0.3 is 14.4 Å². The van der Waals surface area contributed by atoms with E-state index in [2.05, 4.69) is 4.98 Å². The van der Waals surface area contributed by atoms with Crippen LogP contribution in [0.15, 0.2) is 18.5 Å². The molecule has 0 aliphatic carbocycles. The van der Waals surface area contributed by atoms with Crippen LogP contribution in [-0.4, -0.2) is 56.3 Å². The van der Waals surface area contributed by atoms with Crippen LogP contribution in [0.3, 0.4) is 0 Å². The SMILES string of the molecule is COCCN(CCOC)C(=O)c1ccncc1F. The molecule has 0 fully saturated rings. The lowest BCUT2D eigenvalue weighted by Gasteiger charge is -2.22. The number of hydrogen-bond acceptors (Lipinski definition) is 4. The van der Waals surface area contributed by atoms with Crippen molar-refractivity contribution in [3.8, 4) is 0 Å². The summed E-state index contributed by atoms with van der Waals surface area (Å²) < 4.78 is 23.3. The molecule has 0 atom stereocenters. The highest BCUT2D eigenvalue weighted by molar-refractivity contribution is 5.94. The molecule has 0 N–H and O–H groups in total. The molecule has 0 aromatic carbocycles. The summed E-state index contributed by atoms with van der Waals surface area (Å²) in [6.07, 6.45) is 2.42. The lowest BCUT2D eigenvalue weighted by molar-refractivity contribution is 0.0623. The second kappa shape index (κ2) is 7.73. The third-order valence-corrected chi connectivity index (χ3v) is 2.42. The fourth-order valence-corrected chi connectivity index (χ4v) is 1.44. The van der Waals surface area contributed by atoms with Crippen molar-refractivity contribution in [2.24, 2.45) is 0 Å². The quantitative estimate of drug-likeness (QED) is 0.729. The zero-order valence-electron chi connectivity index (χ0n) is 10.6. The molecule has 1 heterocycles. The first-order valence-electron chi connectivity index (χ1n) is 5.57. The van der Waals surface area contributed by atoms with Crippen LogP contribution in [0.5, 0.6) is 0 Å². The van der Waals surface area contributed by atoms with Gasteiger partial charge in [0.15, 0.2) is 5.82 Å². The highest BCUT2D eigenvalue weighted by atomic mass is 19.1. The number of carbonyl (C=O) groups is 1. The summed E-state index contributed by atoms with van der Waals surface area (Å²) in [5.41, 5.74) is 0.0113.